The molecule has 3 rings (SSSR count). The number of carbonyl (C=O) groups is 1. The van der Waals surface area contributed by atoms with Crippen LogP contribution in [-0.2, 0) is 12.2 Å². The number of aromatic nitrogens is 2. The normalized spacial score (nSPS) is 10.6. The molecule has 7 nitrogen and oxygen atoms in total. The molecule has 1 N–H and O–H groups in total. The lowest BCUT2D eigenvalue weighted by molar-refractivity contribution is 0.258. The van der Waals surface area contributed by atoms with Gasteiger partial charge in [0.15, 0.2) is 5.13 Å². The average Bonchev–Trinajstić information content (AvgIpc) is 3.34. The maximum atomic E-state index is 12.4. The number of ether oxygens (including phenoxy) is 1. The van der Waals surface area contributed by atoms with Crippen molar-refractivity contribution >= 4 is 39.9 Å². The molecule has 0 atom stereocenters. The van der Waals surface area contributed by atoms with Gasteiger partial charge in [-0.05, 0) is 24.3 Å². The van der Waals surface area contributed by atoms with Gasteiger partial charge >= 0.3 is 6.03 Å². The van der Waals surface area contributed by atoms with Crippen LogP contribution in [0.5, 0.6) is 5.75 Å². The molecule has 27 heavy (non-hydrogen) atoms. The van der Waals surface area contributed by atoms with Gasteiger partial charge in [-0.3, -0.25) is 10.2 Å². The average molecular weight is 405 g/mol. The van der Waals surface area contributed by atoms with Gasteiger partial charge in [-0.25, -0.2) is 14.8 Å². The lowest BCUT2D eigenvalue weighted by atomic mass is 10.3. The first kappa shape index (κ1) is 19.2. The van der Waals surface area contributed by atoms with Crippen LogP contribution in [0.4, 0.5) is 15.6 Å². The van der Waals surface area contributed by atoms with E-state index in [0.29, 0.717) is 16.8 Å². The molecular formula is C18H20N4O3S2. The van der Waals surface area contributed by atoms with Crippen molar-refractivity contribution in [3.05, 3.63) is 48.3 Å². The number of hydrogen-bond acceptors (Lipinski definition) is 7. The largest absolute Gasteiger partial charge is 0.497 e. The summed E-state index contributed by atoms with van der Waals surface area (Å²) in [6, 6.07) is 7.00. The lowest BCUT2D eigenvalue weighted by Crippen LogP contribution is -2.30. The highest BCUT2D eigenvalue weighted by atomic mass is 32.2. The molecule has 0 saturated carbocycles. The predicted octanol–water partition coefficient (Wildman–Crippen LogP) is 4.66. The Labute approximate surface area is 165 Å². The Hall–Kier alpha value is -2.52. The van der Waals surface area contributed by atoms with Crippen LogP contribution in [0, 0.1) is 0 Å². The van der Waals surface area contributed by atoms with Crippen molar-refractivity contribution < 1.29 is 13.9 Å². The summed E-state index contributed by atoms with van der Waals surface area (Å²) in [5.41, 5.74) is 0.759. The number of thiazole rings is 1. The van der Waals surface area contributed by atoms with Gasteiger partial charge in [0.1, 0.15) is 11.5 Å². The van der Waals surface area contributed by atoms with E-state index in [-0.39, 0.29) is 6.03 Å². The van der Waals surface area contributed by atoms with E-state index in [1.165, 1.54) is 16.2 Å². The molecule has 0 radical (unpaired) electrons. The Balaban J connectivity index is 1.55. The van der Waals surface area contributed by atoms with Crippen LogP contribution in [0.2, 0.25) is 0 Å². The first-order valence-corrected chi connectivity index (χ1v) is 10.1. The molecule has 9 heteroatoms. The Morgan fingerprint density at radius 2 is 2.07 bits per heavy atom. The highest BCUT2D eigenvalue weighted by Gasteiger charge is 2.14. The molecule has 2 aromatic heterocycles. The third-order valence-corrected chi connectivity index (χ3v) is 5.84. The molecule has 0 aliphatic rings. The molecule has 3 aromatic rings. The predicted molar refractivity (Wildman–Crippen MR) is 108 cm³/mol. The Bertz CT molecular complexity index is 892. The second-order valence-electron chi connectivity index (χ2n) is 5.53. The second-order valence-corrected chi connectivity index (χ2v) is 7.84. The summed E-state index contributed by atoms with van der Waals surface area (Å²) in [5, 5.41) is 3.36. The molecule has 1 aromatic carbocycles. The highest BCUT2D eigenvalue weighted by Crippen LogP contribution is 2.31. The Morgan fingerprint density at radius 3 is 2.74 bits per heavy atom. The minimum atomic E-state index is -0.258. The number of methoxy groups -OCH3 is 1. The summed E-state index contributed by atoms with van der Waals surface area (Å²) >= 11 is 2.99. The zero-order valence-corrected chi connectivity index (χ0v) is 16.9. The molecule has 0 bridgehead atoms. The molecule has 0 aliphatic heterocycles. The van der Waals surface area contributed by atoms with E-state index in [2.05, 4.69) is 15.3 Å². The third kappa shape index (κ3) is 5.01. The molecule has 142 valence electrons. The van der Waals surface area contributed by atoms with Gasteiger partial charge in [0.05, 0.1) is 29.5 Å². The van der Waals surface area contributed by atoms with Crippen LogP contribution < -0.4 is 15.0 Å². The number of benzene rings is 1. The molecular weight excluding hydrogens is 384 g/mol. The maximum absolute atomic E-state index is 12.4. The minimum Gasteiger partial charge on any atom is -0.497 e. The van der Waals surface area contributed by atoms with E-state index in [1.807, 2.05) is 31.2 Å². The fourth-order valence-electron chi connectivity index (χ4n) is 2.19. The maximum Gasteiger partial charge on any atom is 0.327 e. The number of nitrogens with one attached hydrogen (secondary N) is 1. The quantitative estimate of drug-likeness (QED) is 0.577. The number of hydrogen-bond donors (Lipinski definition) is 1. The van der Waals surface area contributed by atoms with Crippen molar-refractivity contribution in [1.29, 1.82) is 0 Å². The highest BCUT2D eigenvalue weighted by molar-refractivity contribution is 8.00. The second kappa shape index (κ2) is 8.92. The SMILES string of the molecule is CCc1cnc(CSc2cnc(NC(=O)N(C)c3ccc(OC)cc3)s2)o1. The fourth-order valence-corrected chi connectivity index (χ4v) is 3.91. The number of urea groups is 1. The van der Waals surface area contributed by atoms with Crippen LogP contribution in [-0.4, -0.2) is 30.2 Å². The first-order chi connectivity index (χ1) is 13.1. The topological polar surface area (TPSA) is 80.5 Å². The van der Waals surface area contributed by atoms with E-state index < -0.39 is 0 Å². The number of amides is 2. The summed E-state index contributed by atoms with van der Waals surface area (Å²) in [6.07, 6.45) is 4.32. The van der Waals surface area contributed by atoms with Crippen molar-refractivity contribution in [2.24, 2.45) is 0 Å². The van der Waals surface area contributed by atoms with Gasteiger partial charge in [-0.2, -0.15) is 0 Å². The van der Waals surface area contributed by atoms with Gasteiger partial charge < -0.3 is 9.15 Å². The molecule has 2 amide bonds. The number of rotatable bonds is 7. The van der Waals surface area contributed by atoms with Gasteiger partial charge in [-0.15, -0.1) is 11.8 Å². The van der Waals surface area contributed by atoms with Crippen LogP contribution in [0.3, 0.4) is 0 Å². The molecule has 2 heterocycles. The summed E-state index contributed by atoms with van der Waals surface area (Å²) in [4.78, 5) is 22.4. The van der Waals surface area contributed by atoms with Crippen LogP contribution >= 0.6 is 23.1 Å². The van der Waals surface area contributed by atoms with Gasteiger partial charge in [-0.1, -0.05) is 18.3 Å². The lowest BCUT2D eigenvalue weighted by Gasteiger charge is -2.17. The van der Waals surface area contributed by atoms with Crippen LogP contribution in [0.15, 0.2) is 45.3 Å². The van der Waals surface area contributed by atoms with E-state index in [4.69, 9.17) is 9.15 Å². The van der Waals surface area contributed by atoms with E-state index in [9.17, 15) is 4.79 Å². The Morgan fingerprint density at radius 1 is 1.30 bits per heavy atom. The zero-order chi connectivity index (χ0) is 19.2. The summed E-state index contributed by atoms with van der Waals surface area (Å²) in [5.74, 6) is 2.94. The van der Waals surface area contributed by atoms with Gasteiger partial charge in [0.25, 0.3) is 0 Å². The third-order valence-electron chi connectivity index (χ3n) is 3.75. The molecule has 0 saturated heterocycles. The number of oxazole rings is 1. The number of nitrogens with zero attached hydrogens (tertiary/aromatic N) is 3. The fraction of sp³-hybridized carbons (Fsp3) is 0.278. The molecule has 0 fully saturated rings. The van der Waals surface area contributed by atoms with Crippen molar-refractivity contribution in [1.82, 2.24) is 9.97 Å². The van der Waals surface area contributed by atoms with Crippen molar-refractivity contribution in [2.75, 3.05) is 24.4 Å². The Kier molecular flexibility index (Phi) is 6.36. The van der Waals surface area contributed by atoms with E-state index in [0.717, 1.165) is 27.8 Å². The van der Waals surface area contributed by atoms with Crippen molar-refractivity contribution in [2.45, 2.75) is 23.3 Å². The first-order valence-electron chi connectivity index (χ1n) is 8.30. The van der Waals surface area contributed by atoms with Crippen molar-refractivity contribution in [3.63, 3.8) is 0 Å². The van der Waals surface area contributed by atoms with Gasteiger partial charge in [0.2, 0.25) is 5.89 Å². The molecule has 0 aliphatic carbocycles. The van der Waals surface area contributed by atoms with Crippen LogP contribution in [0.1, 0.15) is 18.6 Å². The monoisotopic (exact) mass is 404 g/mol. The number of thioether (sulfide) groups is 1. The standard InChI is InChI=1S/C18H20N4O3S2/c1-4-13-9-19-15(25-13)11-26-16-10-20-17(27-16)21-18(23)22(2)12-5-7-14(24-3)8-6-12/h5-10H,4,11H2,1-3H3,(H,20,21,23). The molecule has 0 spiro atoms. The number of aryl methyl sites for hydroxylation is 1. The van der Waals surface area contributed by atoms with E-state index >= 15 is 0 Å². The van der Waals surface area contributed by atoms with Crippen LogP contribution in [0.25, 0.3) is 0 Å². The number of anilines is 2. The van der Waals surface area contributed by atoms with E-state index in [1.54, 1.807) is 38.3 Å². The van der Waals surface area contributed by atoms with Crippen molar-refractivity contribution in [3.8, 4) is 5.75 Å². The number of carbonyl (C=O) groups excluding carboxylic acids is 1. The molecule has 0 unspecified atom stereocenters. The smallest absolute Gasteiger partial charge is 0.327 e. The zero-order valence-electron chi connectivity index (χ0n) is 15.3. The summed E-state index contributed by atoms with van der Waals surface area (Å²) < 4.78 is 11.7. The minimum absolute atomic E-state index is 0.258. The summed E-state index contributed by atoms with van der Waals surface area (Å²) in [7, 11) is 3.31. The van der Waals surface area contributed by atoms with Gasteiger partial charge in [0, 0.05) is 19.2 Å². The summed E-state index contributed by atoms with van der Waals surface area (Å²) in [6.45, 7) is 2.03.